The topological polar surface area (TPSA) is 81.4 Å². The Morgan fingerprint density at radius 3 is 2.56 bits per heavy atom. The molecule has 0 saturated heterocycles. The number of carboxylic acids is 1. The number of carbonyl (C=O) groups is 2. The molecule has 1 N–H and O–H groups in total. The number of esters is 1. The number of hydrogen-bond acceptors (Lipinski definition) is 4. The van der Waals surface area contributed by atoms with Crippen LogP contribution in [-0.2, 0) is 27.8 Å². The number of hydrogen-bond donors (Lipinski definition) is 1. The van der Waals surface area contributed by atoms with Gasteiger partial charge in [0.15, 0.2) is 5.92 Å². The summed E-state index contributed by atoms with van der Waals surface area (Å²) < 4.78 is 6.17. The molecular formula is C11H15ClN2O4. The van der Waals surface area contributed by atoms with Crippen LogP contribution in [0.15, 0.2) is 0 Å². The SMILES string of the molecule is CCOC(=O)C(Cc1c(C)nn(C)c1Cl)C(=O)O. The van der Waals surface area contributed by atoms with E-state index in [1.165, 1.54) is 4.68 Å². The molecule has 0 aliphatic heterocycles. The van der Waals surface area contributed by atoms with Crippen molar-refractivity contribution in [3.8, 4) is 0 Å². The van der Waals surface area contributed by atoms with E-state index in [2.05, 4.69) is 5.10 Å². The van der Waals surface area contributed by atoms with Gasteiger partial charge in [-0.3, -0.25) is 14.3 Å². The van der Waals surface area contributed by atoms with Crippen LogP contribution >= 0.6 is 11.6 Å². The summed E-state index contributed by atoms with van der Waals surface area (Å²) in [7, 11) is 1.65. The number of aryl methyl sites for hydroxylation is 2. The molecule has 0 radical (unpaired) electrons. The fourth-order valence-electron chi connectivity index (χ4n) is 1.62. The molecule has 1 rings (SSSR count). The van der Waals surface area contributed by atoms with E-state index in [4.69, 9.17) is 21.4 Å². The van der Waals surface area contributed by atoms with Crippen LogP contribution in [0.2, 0.25) is 5.15 Å². The predicted octanol–water partition coefficient (Wildman–Crippen LogP) is 1.19. The molecule has 0 fully saturated rings. The molecule has 7 heteroatoms. The molecule has 6 nitrogen and oxygen atoms in total. The van der Waals surface area contributed by atoms with E-state index in [1.807, 2.05) is 0 Å². The standard InChI is InChI=1S/C11H15ClN2O4/c1-4-18-11(17)8(10(15)16)5-7-6(2)13-14(3)9(7)12/h8H,4-5H2,1-3H3,(H,15,16). The van der Waals surface area contributed by atoms with Crippen LogP contribution in [0.25, 0.3) is 0 Å². The molecular weight excluding hydrogens is 260 g/mol. The lowest BCUT2D eigenvalue weighted by Gasteiger charge is -2.10. The third-order valence-corrected chi connectivity index (χ3v) is 3.02. The van der Waals surface area contributed by atoms with Crippen LogP contribution in [0.3, 0.4) is 0 Å². The largest absolute Gasteiger partial charge is 0.481 e. The van der Waals surface area contributed by atoms with Gasteiger partial charge < -0.3 is 9.84 Å². The molecule has 0 saturated carbocycles. The molecule has 0 bridgehead atoms. The average Bonchev–Trinajstić information content (AvgIpc) is 2.50. The molecule has 100 valence electrons. The van der Waals surface area contributed by atoms with Gasteiger partial charge >= 0.3 is 11.9 Å². The average molecular weight is 275 g/mol. The lowest BCUT2D eigenvalue weighted by molar-refractivity contribution is -0.158. The van der Waals surface area contributed by atoms with E-state index in [9.17, 15) is 9.59 Å². The molecule has 1 aromatic heterocycles. The minimum Gasteiger partial charge on any atom is -0.481 e. The van der Waals surface area contributed by atoms with Gasteiger partial charge in [0.25, 0.3) is 0 Å². The van der Waals surface area contributed by atoms with Crippen LogP contribution in [-0.4, -0.2) is 33.4 Å². The molecule has 0 amide bonds. The molecule has 1 unspecified atom stereocenters. The van der Waals surface area contributed by atoms with E-state index >= 15 is 0 Å². The number of ether oxygens (including phenoxy) is 1. The number of rotatable bonds is 5. The molecule has 0 aliphatic carbocycles. The summed E-state index contributed by atoms with van der Waals surface area (Å²) in [6, 6.07) is 0. The third kappa shape index (κ3) is 3.01. The maximum Gasteiger partial charge on any atom is 0.320 e. The van der Waals surface area contributed by atoms with Gasteiger partial charge in [0, 0.05) is 19.0 Å². The lowest BCUT2D eigenvalue weighted by Crippen LogP contribution is -2.28. The minimum atomic E-state index is -1.26. The number of aliphatic carboxylic acids is 1. The quantitative estimate of drug-likeness (QED) is 0.644. The third-order valence-electron chi connectivity index (χ3n) is 2.55. The maximum atomic E-state index is 11.5. The van der Waals surface area contributed by atoms with Gasteiger partial charge in [0.1, 0.15) is 5.15 Å². The fraction of sp³-hybridized carbons (Fsp3) is 0.545. The normalized spacial score (nSPS) is 12.2. The van der Waals surface area contributed by atoms with Crippen LogP contribution < -0.4 is 0 Å². The van der Waals surface area contributed by atoms with E-state index < -0.39 is 17.9 Å². The molecule has 0 spiro atoms. The monoisotopic (exact) mass is 274 g/mol. The Morgan fingerprint density at radius 1 is 1.56 bits per heavy atom. The van der Waals surface area contributed by atoms with Gasteiger partial charge in [0.05, 0.1) is 12.3 Å². The van der Waals surface area contributed by atoms with Gasteiger partial charge in [-0.05, 0) is 13.8 Å². The van der Waals surface area contributed by atoms with E-state index in [1.54, 1.807) is 20.9 Å². The molecule has 1 atom stereocenters. The lowest BCUT2D eigenvalue weighted by atomic mass is 10.0. The Kier molecular flexibility index (Phi) is 4.72. The van der Waals surface area contributed by atoms with Crippen molar-refractivity contribution in [1.29, 1.82) is 0 Å². The maximum absolute atomic E-state index is 11.5. The van der Waals surface area contributed by atoms with Crippen molar-refractivity contribution in [1.82, 2.24) is 9.78 Å². The molecule has 1 aromatic rings. The predicted molar refractivity (Wildman–Crippen MR) is 64.4 cm³/mol. The molecule has 0 aromatic carbocycles. The highest BCUT2D eigenvalue weighted by Crippen LogP contribution is 2.22. The summed E-state index contributed by atoms with van der Waals surface area (Å²) in [5.74, 6) is -3.25. The second-order valence-corrected chi connectivity index (χ2v) is 4.18. The Bertz CT molecular complexity index is 470. The first-order chi connectivity index (χ1) is 8.38. The summed E-state index contributed by atoms with van der Waals surface area (Å²) in [4.78, 5) is 22.6. The van der Waals surface area contributed by atoms with Crippen molar-refractivity contribution >= 4 is 23.5 Å². The van der Waals surface area contributed by atoms with E-state index in [0.717, 1.165) is 0 Å². The first-order valence-corrected chi connectivity index (χ1v) is 5.83. The summed E-state index contributed by atoms with van der Waals surface area (Å²) in [5.41, 5.74) is 1.16. The smallest absolute Gasteiger partial charge is 0.320 e. The van der Waals surface area contributed by atoms with Crippen LogP contribution in [0.5, 0.6) is 0 Å². The summed E-state index contributed by atoms with van der Waals surface area (Å²) in [6.45, 7) is 3.48. The summed E-state index contributed by atoms with van der Waals surface area (Å²) in [6.07, 6.45) is -0.0212. The number of carbonyl (C=O) groups excluding carboxylic acids is 1. The first-order valence-electron chi connectivity index (χ1n) is 5.45. The Balaban J connectivity index is 2.97. The zero-order chi connectivity index (χ0) is 13.9. The molecule has 0 aliphatic rings. The van der Waals surface area contributed by atoms with Gasteiger partial charge in [0.2, 0.25) is 0 Å². The van der Waals surface area contributed by atoms with Gasteiger partial charge in [-0.15, -0.1) is 0 Å². The van der Waals surface area contributed by atoms with E-state index in [-0.39, 0.29) is 13.0 Å². The van der Waals surface area contributed by atoms with Crippen LogP contribution in [0.4, 0.5) is 0 Å². The van der Waals surface area contributed by atoms with Crippen molar-refractivity contribution in [2.75, 3.05) is 6.61 Å². The second kappa shape index (κ2) is 5.86. The summed E-state index contributed by atoms with van der Waals surface area (Å²) >= 11 is 6.00. The zero-order valence-corrected chi connectivity index (χ0v) is 11.2. The number of aromatic nitrogens is 2. The Labute approximate surface area is 109 Å². The highest BCUT2D eigenvalue weighted by Gasteiger charge is 2.30. The zero-order valence-electron chi connectivity index (χ0n) is 10.4. The van der Waals surface area contributed by atoms with Gasteiger partial charge in [-0.25, -0.2) is 0 Å². The highest BCUT2D eigenvalue weighted by atomic mass is 35.5. The number of halogens is 1. The van der Waals surface area contributed by atoms with Crippen molar-refractivity contribution in [3.63, 3.8) is 0 Å². The highest BCUT2D eigenvalue weighted by molar-refractivity contribution is 6.30. The minimum absolute atomic E-state index is 0.0212. The summed E-state index contributed by atoms with van der Waals surface area (Å²) in [5, 5.41) is 13.5. The van der Waals surface area contributed by atoms with Crippen molar-refractivity contribution in [2.45, 2.75) is 20.3 Å². The van der Waals surface area contributed by atoms with Crippen molar-refractivity contribution < 1.29 is 19.4 Å². The molecule has 18 heavy (non-hydrogen) atoms. The van der Waals surface area contributed by atoms with Crippen molar-refractivity contribution in [3.05, 3.63) is 16.4 Å². The first kappa shape index (κ1) is 14.5. The van der Waals surface area contributed by atoms with Gasteiger partial charge in [-0.1, -0.05) is 11.6 Å². The molecule has 1 heterocycles. The Hall–Kier alpha value is -1.56. The fourth-order valence-corrected chi connectivity index (χ4v) is 1.88. The van der Waals surface area contributed by atoms with Crippen molar-refractivity contribution in [2.24, 2.45) is 13.0 Å². The Morgan fingerprint density at radius 2 is 2.17 bits per heavy atom. The number of nitrogens with zero attached hydrogens (tertiary/aromatic N) is 2. The van der Waals surface area contributed by atoms with Crippen LogP contribution in [0.1, 0.15) is 18.2 Å². The number of carboxylic acid groups (broad SMARTS) is 1. The van der Waals surface area contributed by atoms with Gasteiger partial charge in [-0.2, -0.15) is 5.10 Å². The second-order valence-electron chi connectivity index (χ2n) is 3.83. The van der Waals surface area contributed by atoms with Crippen LogP contribution in [0, 0.1) is 12.8 Å². The van der Waals surface area contributed by atoms with E-state index in [0.29, 0.717) is 16.4 Å².